The lowest BCUT2D eigenvalue weighted by molar-refractivity contribution is -0.121. The van der Waals surface area contributed by atoms with Gasteiger partial charge < -0.3 is 4.74 Å². The molecule has 0 spiro atoms. The van der Waals surface area contributed by atoms with Crippen LogP contribution in [0, 0.1) is 0 Å². The summed E-state index contributed by atoms with van der Waals surface area (Å²) in [6.45, 7) is 2.80. The SMILES string of the molecule is CCCCCCCCCCCCCC(=O)NN=Cc1ccc(OCc2ccccc2)cc1. The Bertz CT molecular complexity index is 757. The fourth-order valence-electron chi connectivity index (χ4n) is 3.58. The van der Waals surface area contributed by atoms with Gasteiger partial charge >= 0.3 is 0 Å². The van der Waals surface area contributed by atoms with Gasteiger partial charge in [0.25, 0.3) is 0 Å². The van der Waals surface area contributed by atoms with E-state index in [1.165, 1.54) is 57.8 Å². The molecular weight excluding hydrogens is 396 g/mol. The summed E-state index contributed by atoms with van der Waals surface area (Å²) in [5, 5.41) is 4.07. The Morgan fingerprint density at radius 2 is 1.41 bits per heavy atom. The van der Waals surface area contributed by atoms with Gasteiger partial charge in [0.15, 0.2) is 0 Å². The summed E-state index contributed by atoms with van der Waals surface area (Å²) >= 11 is 0. The molecule has 0 heterocycles. The molecule has 0 saturated heterocycles. The van der Waals surface area contributed by atoms with Gasteiger partial charge in [-0.2, -0.15) is 5.10 Å². The number of nitrogens with one attached hydrogen (secondary N) is 1. The number of nitrogens with zero attached hydrogens (tertiary/aromatic N) is 1. The smallest absolute Gasteiger partial charge is 0.240 e. The predicted octanol–water partition coefficient (Wildman–Crippen LogP) is 7.42. The summed E-state index contributed by atoms with van der Waals surface area (Å²) in [5.74, 6) is 0.798. The van der Waals surface area contributed by atoms with Crippen molar-refractivity contribution in [3.8, 4) is 5.75 Å². The first-order valence-electron chi connectivity index (χ1n) is 12.4. The first-order valence-corrected chi connectivity index (χ1v) is 12.4. The maximum atomic E-state index is 11.9. The number of rotatable bonds is 17. The summed E-state index contributed by atoms with van der Waals surface area (Å²) in [7, 11) is 0. The highest BCUT2D eigenvalue weighted by atomic mass is 16.5. The summed E-state index contributed by atoms with van der Waals surface area (Å²) < 4.78 is 5.78. The lowest BCUT2D eigenvalue weighted by Gasteiger charge is -2.06. The van der Waals surface area contributed by atoms with E-state index in [1.807, 2.05) is 54.6 Å². The van der Waals surface area contributed by atoms with E-state index in [2.05, 4.69) is 17.5 Å². The molecule has 0 saturated carbocycles. The minimum absolute atomic E-state index is 0.0139. The van der Waals surface area contributed by atoms with Crippen LogP contribution in [0.1, 0.15) is 95.1 Å². The molecule has 4 heteroatoms. The highest BCUT2D eigenvalue weighted by molar-refractivity contribution is 5.82. The van der Waals surface area contributed by atoms with Gasteiger partial charge in [-0.15, -0.1) is 0 Å². The van der Waals surface area contributed by atoms with E-state index in [4.69, 9.17) is 4.74 Å². The molecule has 2 aromatic carbocycles. The van der Waals surface area contributed by atoms with Crippen LogP contribution in [0.3, 0.4) is 0 Å². The normalized spacial score (nSPS) is 11.0. The number of carbonyl (C=O) groups excluding carboxylic acids is 1. The minimum Gasteiger partial charge on any atom is -0.489 e. The number of benzene rings is 2. The molecule has 1 amide bonds. The molecule has 2 aromatic rings. The van der Waals surface area contributed by atoms with Crippen molar-refractivity contribution in [1.82, 2.24) is 5.43 Å². The van der Waals surface area contributed by atoms with Crippen LogP contribution in [0.15, 0.2) is 59.7 Å². The van der Waals surface area contributed by atoms with Gasteiger partial charge in [0.05, 0.1) is 6.21 Å². The van der Waals surface area contributed by atoms with Gasteiger partial charge in [-0.3, -0.25) is 4.79 Å². The van der Waals surface area contributed by atoms with Gasteiger partial charge in [-0.1, -0.05) is 101 Å². The Morgan fingerprint density at radius 1 is 0.812 bits per heavy atom. The number of hydrogen-bond donors (Lipinski definition) is 1. The van der Waals surface area contributed by atoms with Crippen LogP contribution < -0.4 is 10.2 Å². The Labute approximate surface area is 194 Å². The molecule has 0 fully saturated rings. The second-order valence-corrected chi connectivity index (χ2v) is 8.42. The fourth-order valence-corrected chi connectivity index (χ4v) is 3.58. The molecule has 0 aliphatic carbocycles. The zero-order valence-corrected chi connectivity index (χ0v) is 19.7. The number of hydrogen-bond acceptors (Lipinski definition) is 3. The Balaban J connectivity index is 1.49. The summed E-state index contributed by atoms with van der Waals surface area (Å²) in [6, 6.07) is 17.8. The third-order valence-electron chi connectivity index (χ3n) is 5.54. The predicted molar refractivity (Wildman–Crippen MR) is 134 cm³/mol. The monoisotopic (exact) mass is 436 g/mol. The highest BCUT2D eigenvalue weighted by Gasteiger charge is 2.00. The second-order valence-electron chi connectivity index (χ2n) is 8.42. The van der Waals surface area contributed by atoms with Crippen LogP contribution in [0.4, 0.5) is 0 Å². The zero-order valence-electron chi connectivity index (χ0n) is 19.7. The van der Waals surface area contributed by atoms with Gasteiger partial charge in [0, 0.05) is 6.42 Å². The number of unbranched alkanes of at least 4 members (excludes halogenated alkanes) is 10. The van der Waals surface area contributed by atoms with Crippen molar-refractivity contribution < 1.29 is 9.53 Å². The molecule has 2 rings (SSSR count). The molecule has 0 aromatic heterocycles. The topological polar surface area (TPSA) is 50.7 Å². The maximum Gasteiger partial charge on any atom is 0.240 e. The molecule has 0 radical (unpaired) electrons. The quantitative estimate of drug-likeness (QED) is 0.159. The first-order chi connectivity index (χ1) is 15.8. The van der Waals surface area contributed by atoms with Crippen LogP contribution in [0.25, 0.3) is 0 Å². The molecular formula is C28H40N2O2. The maximum absolute atomic E-state index is 11.9. The number of hydrazone groups is 1. The Morgan fingerprint density at radius 3 is 2.03 bits per heavy atom. The third-order valence-corrected chi connectivity index (χ3v) is 5.54. The number of ether oxygens (including phenoxy) is 1. The van der Waals surface area contributed by atoms with E-state index in [-0.39, 0.29) is 5.91 Å². The Kier molecular flexibility index (Phi) is 13.6. The van der Waals surface area contributed by atoms with E-state index in [0.717, 1.165) is 29.7 Å². The summed E-state index contributed by atoms with van der Waals surface area (Å²) in [4.78, 5) is 11.9. The van der Waals surface area contributed by atoms with Crippen LogP contribution in [-0.4, -0.2) is 12.1 Å². The van der Waals surface area contributed by atoms with Gasteiger partial charge in [0.1, 0.15) is 12.4 Å². The number of amides is 1. The van der Waals surface area contributed by atoms with Crippen molar-refractivity contribution in [2.75, 3.05) is 0 Å². The van der Waals surface area contributed by atoms with Crippen LogP contribution in [-0.2, 0) is 11.4 Å². The zero-order chi connectivity index (χ0) is 22.7. The van der Waals surface area contributed by atoms with E-state index in [0.29, 0.717) is 13.0 Å². The molecule has 4 nitrogen and oxygen atoms in total. The summed E-state index contributed by atoms with van der Waals surface area (Å²) in [6.07, 6.45) is 16.3. The van der Waals surface area contributed by atoms with Crippen LogP contribution >= 0.6 is 0 Å². The van der Waals surface area contributed by atoms with Crippen molar-refractivity contribution in [3.05, 3.63) is 65.7 Å². The van der Waals surface area contributed by atoms with Crippen LogP contribution in [0.2, 0.25) is 0 Å². The Hall–Kier alpha value is -2.62. The van der Waals surface area contributed by atoms with Gasteiger partial charge in [0.2, 0.25) is 5.91 Å². The standard InChI is InChI=1S/C28H40N2O2/c1-2-3-4-5-6-7-8-9-10-11-15-18-28(31)30-29-23-25-19-21-27(22-20-25)32-24-26-16-13-12-14-17-26/h12-14,16-17,19-23H,2-11,15,18,24H2,1H3,(H,30,31). The largest absolute Gasteiger partial charge is 0.489 e. The van der Waals surface area contributed by atoms with Crippen molar-refractivity contribution in [3.63, 3.8) is 0 Å². The summed E-state index contributed by atoms with van der Waals surface area (Å²) in [5.41, 5.74) is 4.69. The molecule has 0 unspecified atom stereocenters. The molecule has 1 N–H and O–H groups in total. The molecule has 0 aliphatic rings. The van der Waals surface area contributed by atoms with E-state index < -0.39 is 0 Å². The van der Waals surface area contributed by atoms with Gasteiger partial charge in [-0.25, -0.2) is 5.43 Å². The number of carbonyl (C=O) groups is 1. The van der Waals surface area contributed by atoms with Crippen molar-refractivity contribution in [1.29, 1.82) is 0 Å². The minimum atomic E-state index is -0.0139. The van der Waals surface area contributed by atoms with Crippen LogP contribution in [0.5, 0.6) is 5.75 Å². The highest BCUT2D eigenvalue weighted by Crippen LogP contribution is 2.14. The third kappa shape index (κ3) is 12.3. The lowest BCUT2D eigenvalue weighted by Crippen LogP contribution is -2.16. The average molecular weight is 437 g/mol. The molecule has 0 aliphatic heterocycles. The van der Waals surface area contributed by atoms with E-state index >= 15 is 0 Å². The molecule has 32 heavy (non-hydrogen) atoms. The molecule has 0 bridgehead atoms. The van der Waals surface area contributed by atoms with Crippen molar-refractivity contribution >= 4 is 12.1 Å². The van der Waals surface area contributed by atoms with E-state index in [9.17, 15) is 4.79 Å². The molecule has 174 valence electrons. The fraction of sp³-hybridized carbons (Fsp3) is 0.500. The van der Waals surface area contributed by atoms with Gasteiger partial charge in [-0.05, 0) is 41.8 Å². The van der Waals surface area contributed by atoms with Crippen molar-refractivity contribution in [2.24, 2.45) is 5.10 Å². The lowest BCUT2D eigenvalue weighted by atomic mass is 10.1. The van der Waals surface area contributed by atoms with Crippen molar-refractivity contribution in [2.45, 2.75) is 90.6 Å². The average Bonchev–Trinajstić information content (AvgIpc) is 2.83. The molecule has 0 atom stereocenters. The van der Waals surface area contributed by atoms with E-state index in [1.54, 1.807) is 6.21 Å². The first kappa shape index (κ1) is 25.6. The second kappa shape index (κ2) is 17.0.